The molecule has 6 heteroatoms. The molecule has 1 saturated heterocycles. The highest BCUT2D eigenvalue weighted by molar-refractivity contribution is 6.02. The molecule has 0 atom stereocenters. The van der Waals surface area contributed by atoms with E-state index in [-0.39, 0.29) is 23.7 Å². The summed E-state index contributed by atoms with van der Waals surface area (Å²) in [6.07, 6.45) is 3.88. The molecular weight excluding hydrogens is 366 g/mol. The summed E-state index contributed by atoms with van der Waals surface area (Å²) in [5.74, 6) is -0.633. The van der Waals surface area contributed by atoms with Crippen molar-refractivity contribution in [1.29, 1.82) is 0 Å². The first-order valence-electron chi connectivity index (χ1n) is 9.73. The second-order valence-corrected chi connectivity index (χ2v) is 7.56. The van der Waals surface area contributed by atoms with Crippen LogP contribution in [-0.2, 0) is 4.79 Å². The van der Waals surface area contributed by atoms with Gasteiger partial charge in [0.15, 0.2) is 0 Å². The van der Waals surface area contributed by atoms with Gasteiger partial charge in [0.2, 0.25) is 0 Å². The van der Waals surface area contributed by atoms with Crippen molar-refractivity contribution in [3.63, 3.8) is 0 Å². The summed E-state index contributed by atoms with van der Waals surface area (Å²) in [7, 11) is 0. The molecule has 2 heterocycles. The van der Waals surface area contributed by atoms with Gasteiger partial charge in [0, 0.05) is 36.2 Å². The summed E-state index contributed by atoms with van der Waals surface area (Å²) in [5.41, 5.74) is 11.1. The molecule has 29 heavy (non-hydrogen) atoms. The lowest BCUT2D eigenvalue weighted by Crippen LogP contribution is -2.27. The Morgan fingerprint density at radius 1 is 1.10 bits per heavy atom. The quantitative estimate of drug-likeness (QED) is 0.835. The van der Waals surface area contributed by atoms with Gasteiger partial charge in [-0.3, -0.25) is 4.79 Å². The average Bonchev–Trinajstić information content (AvgIpc) is 3.17. The van der Waals surface area contributed by atoms with Crippen LogP contribution in [0.25, 0.3) is 17.2 Å². The Morgan fingerprint density at radius 2 is 1.86 bits per heavy atom. The molecular formula is C23H23N3O3. The molecule has 0 bridgehead atoms. The number of carbonyl (C=O) groups excluding carboxylic acids is 1. The predicted molar refractivity (Wildman–Crippen MR) is 113 cm³/mol. The summed E-state index contributed by atoms with van der Waals surface area (Å²) in [6, 6.07) is 11.5. The zero-order valence-corrected chi connectivity index (χ0v) is 16.3. The fourth-order valence-electron chi connectivity index (χ4n) is 3.93. The fourth-order valence-corrected chi connectivity index (χ4v) is 3.93. The van der Waals surface area contributed by atoms with E-state index in [9.17, 15) is 14.7 Å². The fraction of sp³-hybridized carbons (Fsp3) is 0.261. The molecule has 1 fully saturated rings. The molecule has 148 valence electrons. The molecule has 0 radical (unpaired) electrons. The molecule has 0 saturated carbocycles. The Balaban J connectivity index is 1.70. The first-order chi connectivity index (χ1) is 13.9. The number of benzene rings is 2. The van der Waals surface area contributed by atoms with Crippen molar-refractivity contribution >= 4 is 29.5 Å². The second kappa shape index (κ2) is 7.54. The van der Waals surface area contributed by atoms with Gasteiger partial charge in [-0.2, -0.15) is 0 Å². The minimum atomic E-state index is -0.998. The first-order valence-corrected chi connectivity index (χ1v) is 9.73. The smallest absolute Gasteiger partial charge is 0.332 e. The molecule has 6 nitrogen and oxygen atoms in total. The Labute approximate surface area is 169 Å². The van der Waals surface area contributed by atoms with Crippen LogP contribution in [0, 0.1) is 6.92 Å². The summed E-state index contributed by atoms with van der Waals surface area (Å²) in [4.78, 5) is 30.4. The molecule has 2 aliphatic heterocycles. The summed E-state index contributed by atoms with van der Waals surface area (Å²) < 4.78 is 0. The zero-order chi connectivity index (χ0) is 20.5. The van der Waals surface area contributed by atoms with E-state index in [1.807, 2.05) is 48.2 Å². The van der Waals surface area contributed by atoms with Crippen molar-refractivity contribution in [2.24, 2.45) is 10.7 Å². The number of nitrogens with two attached hydrogens (primary N) is 1. The van der Waals surface area contributed by atoms with Crippen molar-refractivity contribution in [3.05, 3.63) is 58.7 Å². The number of rotatable bonds is 3. The number of carbonyl (C=O) groups is 2. The molecule has 2 aromatic rings. The van der Waals surface area contributed by atoms with Crippen LogP contribution in [0.3, 0.4) is 0 Å². The van der Waals surface area contributed by atoms with Crippen molar-refractivity contribution in [2.75, 3.05) is 13.1 Å². The topological polar surface area (TPSA) is 96.0 Å². The van der Waals surface area contributed by atoms with Gasteiger partial charge < -0.3 is 15.7 Å². The van der Waals surface area contributed by atoms with Gasteiger partial charge in [-0.05, 0) is 66.8 Å². The van der Waals surface area contributed by atoms with Crippen LogP contribution in [0.5, 0.6) is 0 Å². The van der Waals surface area contributed by atoms with Crippen molar-refractivity contribution < 1.29 is 14.7 Å². The Morgan fingerprint density at radius 3 is 2.55 bits per heavy atom. The number of amides is 1. The third-order valence-electron chi connectivity index (χ3n) is 5.45. The van der Waals surface area contributed by atoms with E-state index in [1.165, 1.54) is 0 Å². The van der Waals surface area contributed by atoms with E-state index in [2.05, 4.69) is 4.99 Å². The second-order valence-electron chi connectivity index (χ2n) is 7.56. The van der Waals surface area contributed by atoms with Gasteiger partial charge in [-0.1, -0.05) is 12.1 Å². The lowest BCUT2D eigenvalue weighted by Gasteiger charge is -2.16. The Bertz CT molecular complexity index is 1060. The third kappa shape index (κ3) is 3.78. The summed E-state index contributed by atoms with van der Waals surface area (Å²) in [5, 5.41) is 9.39. The predicted octanol–water partition coefficient (Wildman–Crippen LogP) is 3.76. The van der Waals surface area contributed by atoms with Gasteiger partial charge in [-0.15, -0.1) is 0 Å². The van der Waals surface area contributed by atoms with Gasteiger partial charge in [-0.25, -0.2) is 9.79 Å². The molecule has 1 amide bonds. The van der Waals surface area contributed by atoms with E-state index < -0.39 is 5.97 Å². The van der Waals surface area contributed by atoms with Gasteiger partial charge >= 0.3 is 5.97 Å². The SMILES string of the molecule is Cc1cc(C(=O)N2CCCC2)ccc1-c1ccc2c(c1)C=C(C(=O)O)CC(N)=N2. The number of aryl methyl sites for hydroxylation is 1. The van der Waals surface area contributed by atoms with E-state index in [0.29, 0.717) is 11.3 Å². The van der Waals surface area contributed by atoms with Crippen molar-refractivity contribution in [3.8, 4) is 11.1 Å². The van der Waals surface area contributed by atoms with E-state index >= 15 is 0 Å². The van der Waals surface area contributed by atoms with Gasteiger partial charge in [0.25, 0.3) is 5.91 Å². The number of hydrogen-bond acceptors (Lipinski definition) is 4. The van der Waals surface area contributed by atoms with Crippen LogP contribution in [0.15, 0.2) is 47.0 Å². The maximum absolute atomic E-state index is 12.6. The van der Waals surface area contributed by atoms with Crippen LogP contribution < -0.4 is 5.73 Å². The molecule has 2 aliphatic rings. The standard InChI is InChI=1S/C23H23N3O3/c1-14-10-16(22(27)26-8-2-3-9-26)4-6-19(14)15-5-7-20-17(11-15)12-18(23(28)29)13-21(24)25-20/h4-7,10-12H,2-3,8-9,13H2,1H3,(H2,24,25)(H,28,29). The number of likely N-dealkylation sites (tertiary alicyclic amines) is 1. The lowest BCUT2D eigenvalue weighted by molar-refractivity contribution is -0.132. The molecule has 0 aromatic heterocycles. The molecule has 2 aromatic carbocycles. The highest BCUT2D eigenvalue weighted by Gasteiger charge is 2.20. The number of aliphatic carboxylic acids is 1. The maximum Gasteiger partial charge on any atom is 0.332 e. The Hall–Kier alpha value is -3.41. The number of carboxylic acid groups (broad SMARTS) is 1. The number of hydrogen-bond donors (Lipinski definition) is 2. The molecule has 0 unspecified atom stereocenters. The largest absolute Gasteiger partial charge is 0.478 e. The van der Waals surface area contributed by atoms with Crippen LogP contribution >= 0.6 is 0 Å². The third-order valence-corrected chi connectivity index (χ3v) is 5.45. The first kappa shape index (κ1) is 18.9. The highest BCUT2D eigenvalue weighted by atomic mass is 16.4. The van der Waals surface area contributed by atoms with Crippen LogP contribution in [-0.4, -0.2) is 40.8 Å². The Kier molecular flexibility index (Phi) is 4.92. The molecule has 0 aliphatic carbocycles. The van der Waals surface area contributed by atoms with Crippen LogP contribution in [0.1, 0.15) is 40.7 Å². The number of nitrogens with zero attached hydrogens (tertiary/aromatic N) is 2. The van der Waals surface area contributed by atoms with Crippen molar-refractivity contribution in [2.45, 2.75) is 26.2 Å². The zero-order valence-electron chi connectivity index (χ0n) is 16.3. The number of carboxylic acids is 1. The van der Waals surface area contributed by atoms with Gasteiger partial charge in [0.05, 0.1) is 5.69 Å². The van der Waals surface area contributed by atoms with Crippen molar-refractivity contribution in [1.82, 2.24) is 4.90 Å². The molecule has 0 spiro atoms. The highest BCUT2D eigenvalue weighted by Crippen LogP contribution is 2.33. The summed E-state index contributed by atoms with van der Waals surface area (Å²) in [6.45, 7) is 3.63. The van der Waals surface area contributed by atoms with E-state index in [0.717, 1.165) is 48.2 Å². The average molecular weight is 389 g/mol. The number of aliphatic imine (C=N–C) groups is 1. The summed E-state index contributed by atoms with van der Waals surface area (Å²) >= 11 is 0. The number of fused-ring (bicyclic) bond motifs is 1. The maximum atomic E-state index is 12.6. The minimum Gasteiger partial charge on any atom is -0.478 e. The van der Waals surface area contributed by atoms with Crippen LogP contribution in [0.2, 0.25) is 0 Å². The van der Waals surface area contributed by atoms with Crippen LogP contribution in [0.4, 0.5) is 5.69 Å². The molecule has 3 N–H and O–H groups in total. The van der Waals surface area contributed by atoms with E-state index in [4.69, 9.17) is 5.73 Å². The lowest BCUT2D eigenvalue weighted by atomic mass is 9.95. The minimum absolute atomic E-state index is 0.0814. The monoisotopic (exact) mass is 389 g/mol. The number of amidine groups is 1. The normalized spacial score (nSPS) is 16.0. The molecule has 4 rings (SSSR count). The van der Waals surface area contributed by atoms with Gasteiger partial charge in [0.1, 0.15) is 5.84 Å². The van der Waals surface area contributed by atoms with E-state index in [1.54, 1.807) is 6.08 Å².